The van der Waals surface area contributed by atoms with Gasteiger partial charge in [-0.25, -0.2) is 0 Å². The molecule has 0 radical (unpaired) electrons. The Labute approximate surface area is 170 Å². The predicted molar refractivity (Wildman–Crippen MR) is 121 cm³/mol. The van der Waals surface area contributed by atoms with Gasteiger partial charge in [0.15, 0.2) is 0 Å². The first-order valence-corrected chi connectivity index (χ1v) is 10.6. The Kier molecular flexibility index (Phi) is 4.61. The summed E-state index contributed by atoms with van der Waals surface area (Å²) in [5.41, 5.74) is 9.43. The van der Waals surface area contributed by atoms with Gasteiger partial charge in [0.2, 0.25) is 0 Å². The molecule has 2 nitrogen and oxygen atoms in total. The number of aryl methyl sites for hydroxylation is 1. The van der Waals surface area contributed by atoms with Crippen LogP contribution in [0, 0.1) is 5.41 Å². The topological polar surface area (TPSA) is 6.48 Å². The summed E-state index contributed by atoms with van der Waals surface area (Å²) in [6, 6.07) is 15.6. The van der Waals surface area contributed by atoms with Crippen LogP contribution in [0.1, 0.15) is 70.3 Å². The summed E-state index contributed by atoms with van der Waals surface area (Å²) in [6.45, 7) is 15.9. The maximum Gasteiger partial charge on any atom is 0.137 e. The first kappa shape index (κ1) is 18.9. The quantitative estimate of drug-likeness (QED) is 0.556. The van der Waals surface area contributed by atoms with Crippen molar-refractivity contribution in [3.05, 3.63) is 77.1 Å². The summed E-state index contributed by atoms with van der Waals surface area (Å²) >= 11 is 0. The SMILES string of the molecule is C=C(CC)N1c2ccccc2N2C(C(C)(C)C)=Cc3cccc(CCC)c3C12. The fraction of sp³-hybridized carbons (Fsp3) is 0.385. The molecule has 0 N–H and O–H groups in total. The first-order valence-electron chi connectivity index (χ1n) is 10.6. The number of fused-ring (bicyclic) bond motifs is 5. The van der Waals surface area contributed by atoms with Crippen molar-refractivity contribution in [2.75, 3.05) is 9.80 Å². The van der Waals surface area contributed by atoms with E-state index in [1.54, 1.807) is 0 Å². The summed E-state index contributed by atoms with van der Waals surface area (Å²) in [5, 5.41) is 0. The molecule has 28 heavy (non-hydrogen) atoms. The maximum atomic E-state index is 4.46. The summed E-state index contributed by atoms with van der Waals surface area (Å²) in [6.07, 6.45) is 5.77. The van der Waals surface area contributed by atoms with E-state index in [4.69, 9.17) is 0 Å². The van der Waals surface area contributed by atoms with Crippen molar-refractivity contribution in [3.63, 3.8) is 0 Å². The van der Waals surface area contributed by atoms with E-state index in [0.717, 1.165) is 19.3 Å². The minimum Gasteiger partial charge on any atom is -0.318 e. The molecule has 0 aromatic heterocycles. The van der Waals surface area contributed by atoms with Gasteiger partial charge in [-0.15, -0.1) is 0 Å². The van der Waals surface area contributed by atoms with Gasteiger partial charge in [0, 0.05) is 22.4 Å². The van der Waals surface area contributed by atoms with E-state index in [9.17, 15) is 0 Å². The van der Waals surface area contributed by atoms with Gasteiger partial charge in [0.05, 0.1) is 11.4 Å². The van der Waals surface area contributed by atoms with Crippen molar-refractivity contribution in [1.29, 1.82) is 0 Å². The Hall–Kier alpha value is -2.48. The second kappa shape index (κ2) is 6.84. The number of nitrogens with zero attached hydrogens (tertiary/aromatic N) is 2. The van der Waals surface area contributed by atoms with Crippen LogP contribution in [0.2, 0.25) is 0 Å². The normalized spacial score (nSPS) is 17.8. The molecule has 0 saturated heterocycles. The van der Waals surface area contributed by atoms with Gasteiger partial charge < -0.3 is 9.80 Å². The van der Waals surface area contributed by atoms with E-state index in [2.05, 4.69) is 99.5 Å². The second-order valence-electron chi connectivity index (χ2n) is 8.97. The van der Waals surface area contributed by atoms with Crippen LogP contribution in [0.25, 0.3) is 6.08 Å². The minimum atomic E-state index is 0.0490. The number of rotatable bonds is 4. The van der Waals surface area contributed by atoms with Crippen LogP contribution in [-0.2, 0) is 6.42 Å². The lowest BCUT2D eigenvalue weighted by Crippen LogP contribution is -2.40. The van der Waals surface area contributed by atoms with E-state index in [1.807, 2.05) is 0 Å². The molecule has 2 heteroatoms. The Balaban J connectivity index is 2.04. The molecular formula is C26H32N2. The van der Waals surface area contributed by atoms with Crippen molar-refractivity contribution in [3.8, 4) is 0 Å². The molecule has 2 aromatic carbocycles. The lowest BCUT2D eigenvalue weighted by atomic mass is 9.83. The average Bonchev–Trinajstić information content (AvgIpc) is 3.01. The average molecular weight is 373 g/mol. The Morgan fingerprint density at radius 1 is 1.00 bits per heavy atom. The van der Waals surface area contributed by atoms with Gasteiger partial charge in [-0.2, -0.15) is 0 Å². The third-order valence-corrected chi connectivity index (χ3v) is 5.97. The van der Waals surface area contributed by atoms with Crippen molar-refractivity contribution in [2.24, 2.45) is 5.41 Å². The molecule has 0 spiro atoms. The highest BCUT2D eigenvalue weighted by Crippen LogP contribution is 2.56. The third-order valence-electron chi connectivity index (χ3n) is 5.97. The zero-order valence-corrected chi connectivity index (χ0v) is 17.9. The molecule has 0 saturated carbocycles. The third kappa shape index (κ3) is 2.78. The van der Waals surface area contributed by atoms with Gasteiger partial charge in [0.1, 0.15) is 6.17 Å². The number of allylic oxidation sites excluding steroid dienone is 2. The summed E-state index contributed by atoms with van der Waals surface area (Å²) in [7, 11) is 0. The summed E-state index contributed by atoms with van der Waals surface area (Å²) in [5.74, 6) is 0. The van der Waals surface area contributed by atoms with Gasteiger partial charge in [0.25, 0.3) is 0 Å². The van der Waals surface area contributed by atoms with Crippen LogP contribution in [0.15, 0.2) is 60.4 Å². The molecule has 2 heterocycles. The Morgan fingerprint density at radius 3 is 2.36 bits per heavy atom. The molecule has 0 amide bonds. The van der Waals surface area contributed by atoms with Crippen LogP contribution in [0.5, 0.6) is 0 Å². The van der Waals surface area contributed by atoms with Crippen molar-refractivity contribution in [1.82, 2.24) is 0 Å². The highest BCUT2D eigenvalue weighted by Gasteiger charge is 2.45. The smallest absolute Gasteiger partial charge is 0.137 e. The van der Waals surface area contributed by atoms with Crippen LogP contribution in [-0.4, -0.2) is 0 Å². The summed E-state index contributed by atoms with van der Waals surface area (Å²) in [4.78, 5) is 5.05. The lowest BCUT2D eigenvalue weighted by molar-refractivity contribution is 0.468. The fourth-order valence-corrected chi connectivity index (χ4v) is 4.64. The molecule has 4 rings (SSSR count). The van der Waals surface area contributed by atoms with E-state index >= 15 is 0 Å². The number of anilines is 2. The highest BCUT2D eigenvalue weighted by atomic mass is 15.4. The molecule has 2 aliphatic rings. The minimum absolute atomic E-state index is 0.0490. The second-order valence-corrected chi connectivity index (χ2v) is 8.97. The van der Waals surface area contributed by atoms with E-state index in [-0.39, 0.29) is 11.6 Å². The van der Waals surface area contributed by atoms with E-state index in [1.165, 1.54) is 39.5 Å². The summed E-state index contributed by atoms with van der Waals surface area (Å²) < 4.78 is 0. The lowest BCUT2D eigenvalue weighted by Gasteiger charge is -2.43. The van der Waals surface area contributed by atoms with Crippen LogP contribution >= 0.6 is 0 Å². The Bertz CT molecular complexity index is 945. The van der Waals surface area contributed by atoms with Crippen LogP contribution in [0.4, 0.5) is 11.4 Å². The fourth-order valence-electron chi connectivity index (χ4n) is 4.64. The molecule has 2 aliphatic heterocycles. The van der Waals surface area contributed by atoms with E-state index < -0.39 is 0 Å². The van der Waals surface area contributed by atoms with Gasteiger partial charge in [-0.05, 0) is 42.2 Å². The van der Waals surface area contributed by atoms with Crippen molar-refractivity contribution >= 4 is 17.5 Å². The largest absolute Gasteiger partial charge is 0.318 e. The van der Waals surface area contributed by atoms with Crippen molar-refractivity contribution in [2.45, 2.75) is 60.0 Å². The van der Waals surface area contributed by atoms with Gasteiger partial charge in [-0.3, -0.25) is 0 Å². The van der Waals surface area contributed by atoms with Crippen LogP contribution < -0.4 is 9.80 Å². The molecule has 0 fully saturated rings. The van der Waals surface area contributed by atoms with Crippen LogP contribution in [0.3, 0.4) is 0 Å². The van der Waals surface area contributed by atoms with Gasteiger partial charge >= 0.3 is 0 Å². The molecule has 146 valence electrons. The van der Waals surface area contributed by atoms with Crippen molar-refractivity contribution < 1.29 is 0 Å². The molecular weight excluding hydrogens is 340 g/mol. The maximum absolute atomic E-state index is 4.46. The number of hydrogen-bond donors (Lipinski definition) is 0. The molecule has 0 aliphatic carbocycles. The van der Waals surface area contributed by atoms with E-state index in [0.29, 0.717) is 0 Å². The number of benzene rings is 2. The highest BCUT2D eigenvalue weighted by molar-refractivity contribution is 5.87. The first-order chi connectivity index (χ1) is 13.4. The molecule has 1 atom stereocenters. The molecule has 1 unspecified atom stereocenters. The molecule has 2 aromatic rings. The monoisotopic (exact) mass is 372 g/mol. The Morgan fingerprint density at radius 2 is 1.71 bits per heavy atom. The standard InChI is InChI=1S/C26H32N2/c1-7-12-19-13-11-14-20-17-23(26(4,5)6)28-22-16-10-9-15-21(22)27(18(3)8-2)25(28)24(19)20/h9-11,13-17,25H,3,7-8,12H2,1-2,4-6H3. The molecule has 0 bridgehead atoms. The van der Waals surface area contributed by atoms with Gasteiger partial charge in [-0.1, -0.05) is 78.0 Å². The zero-order valence-electron chi connectivity index (χ0n) is 17.9. The number of para-hydroxylation sites is 2. The zero-order chi connectivity index (χ0) is 20.1. The number of hydrogen-bond acceptors (Lipinski definition) is 2. The predicted octanol–water partition coefficient (Wildman–Crippen LogP) is 7.29.